The number of halogens is 1. The van der Waals surface area contributed by atoms with Crippen molar-refractivity contribution in [2.24, 2.45) is 0 Å². The Morgan fingerprint density at radius 3 is 2.65 bits per heavy atom. The Morgan fingerprint density at radius 1 is 1.35 bits per heavy atom. The highest BCUT2D eigenvalue weighted by Gasteiger charge is 2.31. The Morgan fingerprint density at radius 2 is 2.04 bits per heavy atom. The van der Waals surface area contributed by atoms with Gasteiger partial charge in [-0.15, -0.1) is 0 Å². The number of anilines is 2. The Hall–Kier alpha value is -2.12. The number of hydrogen-bond donors (Lipinski definition) is 3. The Labute approximate surface area is 133 Å². The summed E-state index contributed by atoms with van der Waals surface area (Å²) in [5, 5.41) is 22.7. The third-order valence-electron chi connectivity index (χ3n) is 4.33. The van der Waals surface area contributed by atoms with E-state index >= 15 is 0 Å². The van der Waals surface area contributed by atoms with Crippen molar-refractivity contribution in [3.63, 3.8) is 0 Å². The number of piperazine rings is 1. The van der Waals surface area contributed by atoms with E-state index in [1.807, 2.05) is 11.8 Å². The minimum Gasteiger partial charge on any atom is -0.478 e. The van der Waals surface area contributed by atoms with Gasteiger partial charge in [0, 0.05) is 50.2 Å². The Balaban J connectivity index is 2.05. The number of hydrogen-bond acceptors (Lipinski definition) is 5. The summed E-state index contributed by atoms with van der Waals surface area (Å²) in [5.74, 6) is -1.64. The van der Waals surface area contributed by atoms with Gasteiger partial charge in [0.05, 0.1) is 11.3 Å². The smallest absolute Gasteiger partial charge is 0.336 e. The van der Waals surface area contributed by atoms with E-state index in [1.165, 1.54) is 12.3 Å². The molecule has 3 rings (SSSR count). The van der Waals surface area contributed by atoms with Crippen LogP contribution in [0.25, 0.3) is 0 Å². The highest BCUT2D eigenvalue weighted by atomic mass is 19.1. The number of aliphatic carboxylic acids is 1. The molecule has 2 aliphatic heterocycles. The summed E-state index contributed by atoms with van der Waals surface area (Å²) < 4.78 is 14.5. The van der Waals surface area contributed by atoms with Gasteiger partial charge in [-0.25, -0.2) is 9.18 Å². The van der Waals surface area contributed by atoms with E-state index in [-0.39, 0.29) is 5.57 Å². The van der Waals surface area contributed by atoms with E-state index in [9.17, 15) is 19.4 Å². The van der Waals surface area contributed by atoms with E-state index in [1.54, 1.807) is 11.0 Å². The third kappa shape index (κ3) is 2.77. The maximum absolute atomic E-state index is 14.5. The van der Waals surface area contributed by atoms with Crippen molar-refractivity contribution < 1.29 is 19.4 Å². The molecule has 6 nitrogen and oxygen atoms in total. The molecule has 3 N–H and O–H groups in total. The summed E-state index contributed by atoms with van der Waals surface area (Å²) in [7, 11) is 0. The predicted octanol–water partition coefficient (Wildman–Crippen LogP) is 1.08. The number of nitrogens with zero attached hydrogens (tertiary/aromatic N) is 2. The van der Waals surface area contributed by atoms with Crippen LogP contribution in [0.3, 0.4) is 0 Å². The van der Waals surface area contributed by atoms with Crippen molar-refractivity contribution in [3.05, 3.63) is 35.3 Å². The minimum absolute atomic E-state index is 0.145. The van der Waals surface area contributed by atoms with Gasteiger partial charge in [0.2, 0.25) is 0 Å². The number of aliphatic hydroxyl groups excluding tert-OH is 1. The van der Waals surface area contributed by atoms with E-state index in [4.69, 9.17) is 0 Å². The van der Waals surface area contributed by atoms with Gasteiger partial charge in [0.25, 0.3) is 0 Å². The van der Waals surface area contributed by atoms with E-state index in [2.05, 4.69) is 5.32 Å². The number of nitrogens with one attached hydrogen (secondary N) is 1. The van der Waals surface area contributed by atoms with Crippen molar-refractivity contribution in [3.8, 4) is 0 Å². The van der Waals surface area contributed by atoms with Crippen LogP contribution in [0, 0.1) is 5.82 Å². The quantitative estimate of drug-likeness (QED) is 0.773. The topological polar surface area (TPSA) is 76.0 Å². The second-order valence-electron chi connectivity index (χ2n) is 5.68. The van der Waals surface area contributed by atoms with Gasteiger partial charge in [-0.05, 0) is 19.1 Å². The minimum atomic E-state index is -1.32. The lowest BCUT2D eigenvalue weighted by molar-refractivity contribution is -0.133. The number of carbonyl (C=O) groups is 1. The number of aliphatic hydroxyl groups is 1. The first-order valence-electron chi connectivity index (χ1n) is 7.71. The maximum Gasteiger partial charge on any atom is 0.336 e. The number of carboxylic acids is 1. The lowest BCUT2D eigenvalue weighted by atomic mass is 9.95. The molecule has 7 heteroatoms. The number of rotatable bonds is 3. The van der Waals surface area contributed by atoms with Gasteiger partial charge in [0.15, 0.2) is 0 Å². The van der Waals surface area contributed by atoms with Crippen LogP contribution in [0.1, 0.15) is 18.6 Å². The number of benzene rings is 1. The molecule has 0 aliphatic carbocycles. The molecule has 1 atom stereocenters. The van der Waals surface area contributed by atoms with Crippen LogP contribution >= 0.6 is 0 Å². The molecule has 0 amide bonds. The standard InChI is InChI=1S/C16H20FN3O3/c1-2-19-9-11(16(22)23)15(21)10-7-12(17)14(8-13(10)19)20-5-3-18-4-6-20/h7-9,15,18,21H,2-6H2,1H3,(H,22,23). The van der Waals surface area contributed by atoms with E-state index < -0.39 is 17.9 Å². The average Bonchev–Trinajstić information content (AvgIpc) is 2.55. The van der Waals surface area contributed by atoms with Gasteiger partial charge in [0.1, 0.15) is 11.9 Å². The Bertz CT molecular complexity index is 656. The molecule has 0 radical (unpaired) electrons. The maximum atomic E-state index is 14.5. The molecular formula is C16H20FN3O3. The van der Waals surface area contributed by atoms with Crippen molar-refractivity contribution in [2.45, 2.75) is 13.0 Å². The molecule has 0 saturated carbocycles. The molecule has 124 valence electrons. The largest absolute Gasteiger partial charge is 0.478 e. The molecular weight excluding hydrogens is 301 g/mol. The fourth-order valence-electron chi connectivity index (χ4n) is 3.09. The van der Waals surface area contributed by atoms with Crippen LogP contribution in [0.4, 0.5) is 15.8 Å². The molecule has 1 fully saturated rings. The zero-order chi connectivity index (χ0) is 16.6. The average molecular weight is 321 g/mol. The van der Waals surface area contributed by atoms with Crippen LogP contribution in [-0.2, 0) is 4.79 Å². The fourth-order valence-corrected chi connectivity index (χ4v) is 3.09. The molecule has 0 bridgehead atoms. The molecule has 1 aromatic carbocycles. The van der Waals surface area contributed by atoms with Crippen molar-refractivity contribution in [2.75, 3.05) is 42.5 Å². The molecule has 2 heterocycles. The van der Waals surface area contributed by atoms with Gasteiger partial charge < -0.3 is 25.3 Å². The first-order valence-corrected chi connectivity index (χ1v) is 7.71. The van der Waals surface area contributed by atoms with Crippen LogP contribution in [0.15, 0.2) is 23.9 Å². The van der Waals surface area contributed by atoms with Crippen molar-refractivity contribution in [1.82, 2.24) is 5.32 Å². The lowest BCUT2D eigenvalue weighted by Gasteiger charge is -2.34. The monoisotopic (exact) mass is 321 g/mol. The van der Waals surface area contributed by atoms with Gasteiger partial charge >= 0.3 is 5.97 Å². The highest BCUT2D eigenvalue weighted by molar-refractivity contribution is 5.90. The highest BCUT2D eigenvalue weighted by Crippen LogP contribution is 2.40. The van der Waals surface area contributed by atoms with Crippen LogP contribution in [0.5, 0.6) is 0 Å². The van der Waals surface area contributed by atoms with Crippen molar-refractivity contribution >= 4 is 17.3 Å². The predicted molar refractivity (Wildman–Crippen MR) is 85.2 cm³/mol. The van der Waals surface area contributed by atoms with Crippen LogP contribution in [0.2, 0.25) is 0 Å². The van der Waals surface area contributed by atoms with E-state index in [0.29, 0.717) is 36.6 Å². The molecule has 0 aromatic heterocycles. The normalized spacial score (nSPS) is 21.0. The second kappa shape index (κ2) is 6.17. The summed E-state index contributed by atoms with van der Waals surface area (Å²) in [6, 6.07) is 2.97. The summed E-state index contributed by atoms with van der Waals surface area (Å²) in [6.07, 6.45) is 0.103. The van der Waals surface area contributed by atoms with Crippen LogP contribution in [-0.4, -0.2) is 48.9 Å². The molecule has 23 heavy (non-hydrogen) atoms. The lowest BCUT2D eigenvalue weighted by Crippen LogP contribution is -2.44. The number of carboxylic acid groups (broad SMARTS) is 1. The van der Waals surface area contributed by atoms with Gasteiger partial charge in [-0.1, -0.05) is 0 Å². The summed E-state index contributed by atoms with van der Waals surface area (Å²) >= 11 is 0. The first kappa shape index (κ1) is 15.8. The summed E-state index contributed by atoms with van der Waals surface area (Å²) in [5.41, 5.74) is 1.29. The third-order valence-corrected chi connectivity index (χ3v) is 4.33. The SMILES string of the molecule is CCN1C=C(C(=O)O)C(O)c2cc(F)c(N3CCNCC3)cc21. The molecule has 2 aliphatic rings. The molecule has 0 spiro atoms. The zero-order valence-corrected chi connectivity index (χ0v) is 12.9. The molecule has 1 unspecified atom stereocenters. The summed E-state index contributed by atoms with van der Waals surface area (Å²) in [6.45, 7) is 5.41. The first-order chi connectivity index (χ1) is 11.0. The summed E-state index contributed by atoms with van der Waals surface area (Å²) in [4.78, 5) is 15.0. The Kier molecular flexibility index (Phi) is 4.23. The fraction of sp³-hybridized carbons (Fsp3) is 0.438. The van der Waals surface area contributed by atoms with Crippen LogP contribution < -0.4 is 15.1 Å². The number of fused-ring (bicyclic) bond motifs is 1. The molecule has 1 aromatic rings. The molecule has 1 saturated heterocycles. The van der Waals surface area contributed by atoms with Crippen molar-refractivity contribution in [1.29, 1.82) is 0 Å². The second-order valence-corrected chi connectivity index (χ2v) is 5.68. The zero-order valence-electron chi connectivity index (χ0n) is 12.9. The van der Waals surface area contributed by atoms with Gasteiger partial charge in [-0.3, -0.25) is 0 Å². The van der Waals surface area contributed by atoms with Gasteiger partial charge in [-0.2, -0.15) is 0 Å². The van der Waals surface area contributed by atoms with E-state index in [0.717, 1.165) is 13.1 Å².